The molecule has 0 aromatic carbocycles. The van der Waals surface area contributed by atoms with Gasteiger partial charge < -0.3 is 9.64 Å². The van der Waals surface area contributed by atoms with Crippen molar-refractivity contribution in [2.75, 3.05) is 11.4 Å². The zero-order valence-electron chi connectivity index (χ0n) is 16.9. The highest BCUT2D eigenvalue weighted by Crippen LogP contribution is 2.39. The second kappa shape index (κ2) is 7.87. The van der Waals surface area contributed by atoms with E-state index < -0.39 is 5.60 Å². The van der Waals surface area contributed by atoms with Crippen LogP contribution in [0.5, 0.6) is 0 Å². The van der Waals surface area contributed by atoms with Gasteiger partial charge in [-0.25, -0.2) is 9.78 Å². The lowest BCUT2D eigenvalue weighted by molar-refractivity contribution is -0.132. The molecule has 6 heteroatoms. The third-order valence-corrected chi connectivity index (χ3v) is 5.34. The molecular weight excluding hydrogens is 342 g/mol. The van der Waals surface area contributed by atoms with Gasteiger partial charge >= 0.3 is 6.09 Å². The average Bonchev–Trinajstić information content (AvgIpc) is 2.56. The first-order valence-corrected chi connectivity index (χ1v) is 10.0. The van der Waals surface area contributed by atoms with Gasteiger partial charge in [0.1, 0.15) is 11.4 Å². The van der Waals surface area contributed by atoms with E-state index in [1.807, 2.05) is 37.8 Å². The van der Waals surface area contributed by atoms with E-state index in [0.29, 0.717) is 5.82 Å². The van der Waals surface area contributed by atoms with Crippen LogP contribution in [0, 0.1) is 0 Å². The zero-order valence-corrected chi connectivity index (χ0v) is 16.9. The summed E-state index contributed by atoms with van der Waals surface area (Å²) >= 11 is 0. The molecule has 1 aromatic rings. The number of ether oxygens (including phenoxy) is 1. The zero-order chi connectivity index (χ0) is 19.6. The van der Waals surface area contributed by atoms with Gasteiger partial charge in [0.15, 0.2) is 0 Å². The minimum atomic E-state index is -0.565. The summed E-state index contributed by atoms with van der Waals surface area (Å²) in [4.78, 5) is 33.5. The molecule has 1 atom stereocenters. The number of nitrogens with zero attached hydrogens (tertiary/aromatic N) is 3. The van der Waals surface area contributed by atoms with Crippen LogP contribution in [0.1, 0.15) is 77.8 Å². The van der Waals surface area contributed by atoms with Gasteiger partial charge in [-0.15, -0.1) is 0 Å². The summed E-state index contributed by atoms with van der Waals surface area (Å²) in [6.45, 7) is 8.00. The number of aromatic nitrogens is 1. The molecule has 2 amide bonds. The van der Waals surface area contributed by atoms with E-state index in [-0.39, 0.29) is 24.1 Å². The molecule has 1 aliphatic heterocycles. The Kier molecular flexibility index (Phi) is 5.72. The van der Waals surface area contributed by atoms with E-state index >= 15 is 0 Å². The standard InChI is InChI=1S/C21H31N3O3/c1-15(25)23-14-6-5-12-18(23)17-11-8-13-22-19(17)24(16-9-7-10-16)20(26)27-21(2,3)4/h8,11,13,16,18H,5-7,9-10,12,14H2,1-4H3/t18-/m1/s1. The maximum Gasteiger partial charge on any atom is 0.416 e. The van der Waals surface area contributed by atoms with Crippen LogP contribution in [-0.4, -0.2) is 40.1 Å². The molecule has 0 spiro atoms. The largest absolute Gasteiger partial charge is 0.443 e. The smallest absolute Gasteiger partial charge is 0.416 e. The highest BCUT2D eigenvalue weighted by molar-refractivity contribution is 5.88. The van der Waals surface area contributed by atoms with Crippen molar-refractivity contribution < 1.29 is 14.3 Å². The first-order chi connectivity index (χ1) is 12.8. The predicted octanol–water partition coefficient (Wildman–Crippen LogP) is 4.45. The number of hydrogen-bond acceptors (Lipinski definition) is 4. The molecule has 2 fully saturated rings. The van der Waals surface area contributed by atoms with Crippen molar-refractivity contribution in [3.05, 3.63) is 23.9 Å². The molecule has 6 nitrogen and oxygen atoms in total. The van der Waals surface area contributed by atoms with E-state index in [0.717, 1.165) is 50.6 Å². The third-order valence-electron chi connectivity index (χ3n) is 5.34. The number of carbonyl (C=O) groups is 2. The number of pyridine rings is 1. The molecule has 0 N–H and O–H groups in total. The number of likely N-dealkylation sites (tertiary alicyclic amines) is 1. The summed E-state index contributed by atoms with van der Waals surface area (Å²) in [6, 6.07) is 3.97. The Bertz CT molecular complexity index is 694. The Hall–Kier alpha value is -2.11. The summed E-state index contributed by atoms with van der Waals surface area (Å²) < 4.78 is 5.69. The van der Waals surface area contributed by atoms with Crippen molar-refractivity contribution in [1.82, 2.24) is 9.88 Å². The van der Waals surface area contributed by atoms with Crippen molar-refractivity contribution >= 4 is 17.8 Å². The highest BCUT2D eigenvalue weighted by atomic mass is 16.6. The van der Waals surface area contributed by atoms with Crippen LogP contribution < -0.4 is 4.90 Å². The molecule has 27 heavy (non-hydrogen) atoms. The molecule has 1 aromatic heterocycles. The maximum atomic E-state index is 13.0. The lowest BCUT2D eigenvalue weighted by Crippen LogP contribution is -2.48. The molecule has 0 unspecified atom stereocenters. The monoisotopic (exact) mass is 373 g/mol. The molecular formula is C21H31N3O3. The van der Waals surface area contributed by atoms with Crippen molar-refractivity contribution in [1.29, 1.82) is 0 Å². The summed E-state index contributed by atoms with van der Waals surface area (Å²) in [5.41, 5.74) is 0.384. The molecule has 2 aliphatic rings. The molecule has 1 aliphatic carbocycles. The van der Waals surface area contributed by atoms with E-state index in [4.69, 9.17) is 4.74 Å². The van der Waals surface area contributed by atoms with Gasteiger partial charge in [0.05, 0.1) is 6.04 Å². The van der Waals surface area contributed by atoms with Crippen molar-refractivity contribution in [3.8, 4) is 0 Å². The topological polar surface area (TPSA) is 62.7 Å². The first kappa shape index (κ1) is 19.6. The van der Waals surface area contributed by atoms with E-state index in [2.05, 4.69) is 4.98 Å². The van der Waals surface area contributed by atoms with Crippen LogP contribution in [0.3, 0.4) is 0 Å². The molecule has 2 heterocycles. The molecule has 0 radical (unpaired) electrons. The lowest BCUT2D eigenvalue weighted by atomic mass is 9.90. The van der Waals surface area contributed by atoms with Gasteiger partial charge in [0, 0.05) is 31.3 Å². The van der Waals surface area contributed by atoms with E-state index in [1.54, 1.807) is 18.0 Å². The molecule has 0 bridgehead atoms. The summed E-state index contributed by atoms with van der Waals surface area (Å²) in [5.74, 6) is 0.719. The Morgan fingerprint density at radius 1 is 1.19 bits per heavy atom. The van der Waals surface area contributed by atoms with Gasteiger partial charge in [-0.3, -0.25) is 9.69 Å². The SMILES string of the molecule is CC(=O)N1CCCC[C@@H]1c1cccnc1N(C(=O)OC(C)(C)C)C1CCC1. The Labute approximate surface area is 161 Å². The summed E-state index contributed by atoms with van der Waals surface area (Å²) in [7, 11) is 0. The number of piperidine rings is 1. The third kappa shape index (κ3) is 4.42. The number of carbonyl (C=O) groups excluding carboxylic acids is 2. The lowest BCUT2D eigenvalue weighted by Gasteiger charge is -2.41. The minimum absolute atomic E-state index is 0.0371. The van der Waals surface area contributed by atoms with Crippen LogP contribution in [0.15, 0.2) is 18.3 Å². The average molecular weight is 373 g/mol. The van der Waals surface area contributed by atoms with Crippen LogP contribution >= 0.6 is 0 Å². The van der Waals surface area contributed by atoms with Crippen LogP contribution in [-0.2, 0) is 9.53 Å². The van der Waals surface area contributed by atoms with Crippen molar-refractivity contribution in [2.24, 2.45) is 0 Å². The van der Waals surface area contributed by atoms with Crippen molar-refractivity contribution in [3.63, 3.8) is 0 Å². The molecule has 1 saturated heterocycles. The Balaban J connectivity index is 1.98. The predicted molar refractivity (Wildman–Crippen MR) is 105 cm³/mol. The fourth-order valence-corrected chi connectivity index (χ4v) is 3.87. The van der Waals surface area contributed by atoms with E-state index in [9.17, 15) is 9.59 Å². The number of anilines is 1. The van der Waals surface area contributed by atoms with Gasteiger partial charge in [0.25, 0.3) is 0 Å². The fraction of sp³-hybridized carbons (Fsp3) is 0.667. The number of amides is 2. The van der Waals surface area contributed by atoms with Gasteiger partial charge in [-0.2, -0.15) is 0 Å². The Morgan fingerprint density at radius 3 is 2.52 bits per heavy atom. The fourth-order valence-electron chi connectivity index (χ4n) is 3.87. The van der Waals surface area contributed by atoms with Gasteiger partial charge in [0.2, 0.25) is 5.91 Å². The number of rotatable bonds is 3. The van der Waals surface area contributed by atoms with Gasteiger partial charge in [-0.05, 0) is 65.4 Å². The first-order valence-electron chi connectivity index (χ1n) is 10.0. The minimum Gasteiger partial charge on any atom is -0.443 e. The molecule has 1 saturated carbocycles. The highest BCUT2D eigenvalue weighted by Gasteiger charge is 2.37. The Morgan fingerprint density at radius 2 is 1.93 bits per heavy atom. The van der Waals surface area contributed by atoms with Crippen molar-refractivity contribution in [2.45, 2.75) is 83.9 Å². The van der Waals surface area contributed by atoms with Crippen LogP contribution in [0.4, 0.5) is 10.6 Å². The normalized spacial score (nSPS) is 20.7. The molecule has 148 valence electrons. The second-order valence-corrected chi connectivity index (χ2v) is 8.58. The molecule has 3 rings (SSSR count). The van der Waals surface area contributed by atoms with Gasteiger partial charge in [-0.1, -0.05) is 6.07 Å². The van der Waals surface area contributed by atoms with Crippen LogP contribution in [0.2, 0.25) is 0 Å². The summed E-state index contributed by atoms with van der Waals surface area (Å²) in [5, 5.41) is 0. The maximum absolute atomic E-state index is 13.0. The number of hydrogen-bond donors (Lipinski definition) is 0. The van der Waals surface area contributed by atoms with Crippen LogP contribution in [0.25, 0.3) is 0 Å². The quantitative estimate of drug-likeness (QED) is 0.785. The summed E-state index contributed by atoms with van der Waals surface area (Å²) in [6.07, 6.45) is 7.36. The van der Waals surface area contributed by atoms with E-state index in [1.165, 1.54) is 0 Å². The second-order valence-electron chi connectivity index (χ2n) is 8.58.